The van der Waals surface area contributed by atoms with E-state index in [1.54, 1.807) is 0 Å². The molecule has 1 aromatic heterocycles. The number of H-pyrrole nitrogens is 1. The number of hydrogen-bond donors (Lipinski definition) is 1. The highest BCUT2D eigenvalue weighted by molar-refractivity contribution is 5.80. The van der Waals surface area contributed by atoms with Crippen molar-refractivity contribution in [1.29, 1.82) is 0 Å². The molecule has 1 aliphatic carbocycles. The number of aromatic nitrogens is 1. The van der Waals surface area contributed by atoms with Gasteiger partial charge in [0.15, 0.2) is 0 Å². The highest BCUT2D eigenvalue weighted by Gasteiger charge is 2.28. The first kappa shape index (κ1) is 10.9. The van der Waals surface area contributed by atoms with Crippen molar-refractivity contribution in [3.63, 3.8) is 0 Å². The predicted octanol–water partition coefficient (Wildman–Crippen LogP) is 4.78. The van der Waals surface area contributed by atoms with E-state index in [2.05, 4.69) is 42.2 Å². The zero-order valence-electron chi connectivity index (χ0n) is 10.6. The number of benzene rings is 1. The van der Waals surface area contributed by atoms with E-state index < -0.39 is 0 Å². The van der Waals surface area contributed by atoms with Gasteiger partial charge in [0.2, 0.25) is 0 Å². The number of hydrogen-bond acceptors (Lipinski definition) is 0. The molecule has 1 nitrogen and oxygen atoms in total. The SMILES string of the molecule is CC1(c2cc3ccccc3[nH]2)CCCCCC1. The first-order chi connectivity index (χ1) is 8.28. The van der Waals surface area contributed by atoms with Gasteiger partial charge in [-0.05, 0) is 30.4 Å². The lowest BCUT2D eigenvalue weighted by atomic mass is 9.79. The Bertz CT molecular complexity index is 468. The van der Waals surface area contributed by atoms with Gasteiger partial charge < -0.3 is 4.98 Å². The Labute approximate surface area is 103 Å². The van der Waals surface area contributed by atoms with Crippen molar-refractivity contribution in [3.05, 3.63) is 36.0 Å². The predicted molar refractivity (Wildman–Crippen MR) is 73.4 cm³/mol. The van der Waals surface area contributed by atoms with Crippen LogP contribution in [0.4, 0.5) is 0 Å². The molecule has 0 bridgehead atoms. The Kier molecular flexibility index (Phi) is 2.70. The molecule has 1 heteroatoms. The fourth-order valence-electron chi connectivity index (χ4n) is 3.18. The Balaban J connectivity index is 2.01. The second kappa shape index (κ2) is 4.21. The van der Waals surface area contributed by atoms with Gasteiger partial charge in [-0.25, -0.2) is 0 Å². The van der Waals surface area contributed by atoms with Crippen LogP contribution in [0.15, 0.2) is 30.3 Å². The molecule has 1 N–H and O–H groups in total. The summed E-state index contributed by atoms with van der Waals surface area (Å²) in [5, 5.41) is 1.35. The van der Waals surface area contributed by atoms with E-state index in [9.17, 15) is 0 Å². The molecule has 1 fully saturated rings. The van der Waals surface area contributed by atoms with Gasteiger partial charge in [0, 0.05) is 16.6 Å². The summed E-state index contributed by atoms with van der Waals surface area (Å²) in [7, 11) is 0. The highest BCUT2D eigenvalue weighted by atomic mass is 14.7. The zero-order valence-corrected chi connectivity index (χ0v) is 10.6. The number of para-hydroxylation sites is 1. The van der Waals surface area contributed by atoms with Crippen LogP contribution in [0, 0.1) is 0 Å². The number of aromatic amines is 1. The van der Waals surface area contributed by atoms with Crippen molar-refractivity contribution in [2.45, 2.75) is 50.9 Å². The van der Waals surface area contributed by atoms with Crippen LogP contribution in [0.5, 0.6) is 0 Å². The summed E-state index contributed by atoms with van der Waals surface area (Å²) in [6.07, 6.45) is 8.25. The lowest BCUT2D eigenvalue weighted by Gasteiger charge is -2.26. The van der Waals surface area contributed by atoms with E-state index in [1.165, 1.54) is 55.1 Å². The molecule has 1 aromatic carbocycles. The van der Waals surface area contributed by atoms with Gasteiger partial charge in [0.05, 0.1) is 0 Å². The average molecular weight is 227 g/mol. The van der Waals surface area contributed by atoms with Crippen molar-refractivity contribution >= 4 is 10.9 Å². The fraction of sp³-hybridized carbons (Fsp3) is 0.500. The van der Waals surface area contributed by atoms with Crippen LogP contribution < -0.4 is 0 Å². The minimum absolute atomic E-state index is 0.371. The quantitative estimate of drug-likeness (QED) is 0.675. The van der Waals surface area contributed by atoms with Crippen molar-refractivity contribution in [1.82, 2.24) is 4.98 Å². The molecular formula is C16H21N. The molecule has 0 spiro atoms. The van der Waals surface area contributed by atoms with Gasteiger partial charge >= 0.3 is 0 Å². The van der Waals surface area contributed by atoms with Crippen LogP contribution in [-0.4, -0.2) is 4.98 Å². The second-order valence-corrected chi connectivity index (χ2v) is 5.75. The monoisotopic (exact) mass is 227 g/mol. The van der Waals surface area contributed by atoms with Gasteiger partial charge in [0.1, 0.15) is 0 Å². The summed E-state index contributed by atoms with van der Waals surface area (Å²) in [6, 6.07) is 11.0. The van der Waals surface area contributed by atoms with Crippen LogP contribution in [0.2, 0.25) is 0 Å². The Morgan fingerprint density at radius 1 is 1.00 bits per heavy atom. The molecule has 1 saturated carbocycles. The third-order valence-corrected chi connectivity index (χ3v) is 4.39. The molecule has 90 valence electrons. The van der Waals surface area contributed by atoms with Crippen LogP contribution in [0.25, 0.3) is 10.9 Å². The number of fused-ring (bicyclic) bond motifs is 1. The van der Waals surface area contributed by atoms with E-state index in [0.29, 0.717) is 5.41 Å². The molecule has 3 rings (SSSR count). The van der Waals surface area contributed by atoms with Gasteiger partial charge in [0.25, 0.3) is 0 Å². The molecule has 0 aliphatic heterocycles. The molecule has 2 aromatic rings. The summed E-state index contributed by atoms with van der Waals surface area (Å²) >= 11 is 0. The summed E-state index contributed by atoms with van der Waals surface area (Å²) in [5.41, 5.74) is 3.10. The van der Waals surface area contributed by atoms with Gasteiger partial charge in [-0.2, -0.15) is 0 Å². The van der Waals surface area contributed by atoms with Crippen molar-refractivity contribution in [3.8, 4) is 0 Å². The minimum atomic E-state index is 0.371. The van der Waals surface area contributed by atoms with E-state index in [0.717, 1.165) is 0 Å². The van der Waals surface area contributed by atoms with Crippen molar-refractivity contribution < 1.29 is 0 Å². The van der Waals surface area contributed by atoms with Gasteiger partial charge in [-0.1, -0.05) is 50.8 Å². The van der Waals surface area contributed by atoms with Crippen LogP contribution >= 0.6 is 0 Å². The molecule has 1 aliphatic rings. The maximum absolute atomic E-state index is 3.63. The third-order valence-electron chi connectivity index (χ3n) is 4.39. The molecule has 0 saturated heterocycles. The minimum Gasteiger partial charge on any atom is -0.358 e. The molecule has 1 heterocycles. The van der Waals surface area contributed by atoms with E-state index in [-0.39, 0.29) is 0 Å². The van der Waals surface area contributed by atoms with Crippen LogP contribution in [-0.2, 0) is 5.41 Å². The molecule has 0 unspecified atom stereocenters. The maximum atomic E-state index is 3.63. The first-order valence-corrected chi connectivity index (χ1v) is 6.86. The lowest BCUT2D eigenvalue weighted by molar-refractivity contribution is 0.400. The fourth-order valence-corrected chi connectivity index (χ4v) is 3.18. The largest absolute Gasteiger partial charge is 0.358 e. The topological polar surface area (TPSA) is 15.8 Å². The average Bonchev–Trinajstić information content (AvgIpc) is 2.66. The summed E-state index contributed by atoms with van der Waals surface area (Å²) in [5.74, 6) is 0. The highest BCUT2D eigenvalue weighted by Crippen LogP contribution is 2.38. The van der Waals surface area contributed by atoms with E-state index in [4.69, 9.17) is 0 Å². The number of rotatable bonds is 1. The molecule has 0 amide bonds. The normalized spacial score (nSPS) is 20.3. The van der Waals surface area contributed by atoms with Crippen LogP contribution in [0.1, 0.15) is 51.1 Å². The van der Waals surface area contributed by atoms with E-state index >= 15 is 0 Å². The molecule has 17 heavy (non-hydrogen) atoms. The maximum Gasteiger partial charge on any atom is 0.0456 e. The smallest absolute Gasteiger partial charge is 0.0456 e. The standard InChI is InChI=1S/C16H21N/c1-16(10-6-2-3-7-11-16)15-12-13-8-4-5-9-14(13)17-15/h4-5,8-9,12,17H,2-3,6-7,10-11H2,1H3. The van der Waals surface area contributed by atoms with Gasteiger partial charge in [-0.3, -0.25) is 0 Å². The third kappa shape index (κ3) is 1.99. The molecule has 0 radical (unpaired) electrons. The Hall–Kier alpha value is -1.24. The molecular weight excluding hydrogens is 206 g/mol. The zero-order chi connectivity index (χ0) is 11.7. The summed E-state index contributed by atoms with van der Waals surface area (Å²) in [6.45, 7) is 2.43. The van der Waals surface area contributed by atoms with Crippen molar-refractivity contribution in [2.24, 2.45) is 0 Å². The van der Waals surface area contributed by atoms with Crippen molar-refractivity contribution in [2.75, 3.05) is 0 Å². The summed E-state index contributed by atoms with van der Waals surface area (Å²) in [4.78, 5) is 3.63. The number of nitrogens with one attached hydrogen (secondary N) is 1. The van der Waals surface area contributed by atoms with E-state index in [1.807, 2.05) is 0 Å². The van der Waals surface area contributed by atoms with Crippen LogP contribution in [0.3, 0.4) is 0 Å². The Morgan fingerprint density at radius 2 is 1.71 bits per heavy atom. The Morgan fingerprint density at radius 3 is 2.41 bits per heavy atom. The summed E-state index contributed by atoms with van der Waals surface area (Å²) < 4.78 is 0. The second-order valence-electron chi connectivity index (χ2n) is 5.75. The first-order valence-electron chi connectivity index (χ1n) is 6.86. The lowest BCUT2D eigenvalue weighted by Crippen LogP contribution is -2.21. The molecule has 0 atom stereocenters. The van der Waals surface area contributed by atoms with Gasteiger partial charge in [-0.15, -0.1) is 0 Å².